The molecule has 3 amide bonds. The zero-order valence-corrected chi connectivity index (χ0v) is 17.8. The van der Waals surface area contributed by atoms with Crippen LogP contribution < -0.4 is 16.0 Å². The highest BCUT2D eigenvalue weighted by Gasteiger charge is 2.18. The molecule has 3 rings (SSSR count). The second kappa shape index (κ2) is 10.6. The summed E-state index contributed by atoms with van der Waals surface area (Å²) in [7, 11) is 0. The highest BCUT2D eigenvalue weighted by molar-refractivity contribution is 5.97. The Morgan fingerprint density at radius 3 is 2.03 bits per heavy atom. The minimum atomic E-state index is -0.204. The van der Waals surface area contributed by atoms with E-state index in [0.717, 1.165) is 5.69 Å². The number of rotatable bonds is 7. The van der Waals surface area contributed by atoms with Gasteiger partial charge in [-0.05, 0) is 48.5 Å². The Balaban J connectivity index is 1.46. The number of morpholine rings is 1. The van der Waals surface area contributed by atoms with Gasteiger partial charge in [-0.3, -0.25) is 14.4 Å². The molecule has 0 atom stereocenters. The maximum absolute atomic E-state index is 12.5. The summed E-state index contributed by atoms with van der Waals surface area (Å²) in [6, 6.07) is 14.0. The van der Waals surface area contributed by atoms with Crippen LogP contribution in [0.3, 0.4) is 0 Å². The van der Waals surface area contributed by atoms with Gasteiger partial charge in [-0.15, -0.1) is 0 Å². The number of hydrogen-bond acceptors (Lipinski definition) is 5. The van der Waals surface area contributed by atoms with E-state index >= 15 is 0 Å². The van der Waals surface area contributed by atoms with Crippen molar-refractivity contribution in [2.24, 2.45) is 5.92 Å². The number of nitrogens with one attached hydrogen (secondary N) is 3. The number of carbonyl (C=O) groups is 3. The van der Waals surface area contributed by atoms with E-state index in [0.29, 0.717) is 43.2 Å². The molecule has 1 fully saturated rings. The van der Waals surface area contributed by atoms with Crippen molar-refractivity contribution in [2.45, 2.75) is 13.8 Å². The van der Waals surface area contributed by atoms with Crippen LogP contribution in [-0.2, 0) is 14.3 Å². The largest absolute Gasteiger partial charge is 0.378 e. The van der Waals surface area contributed by atoms with Crippen molar-refractivity contribution in [1.82, 2.24) is 4.90 Å². The van der Waals surface area contributed by atoms with Gasteiger partial charge in [0, 0.05) is 41.6 Å². The summed E-state index contributed by atoms with van der Waals surface area (Å²) in [5.74, 6) is -0.369. The topological polar surface area (TPSA) is 99.8 Å². The van der Waals surface area contributed by atoms with Crippen molar-refractivity contribution in [2.75, 3.05) is 48.8 Å². The summed E-state index contributed by atoms with van der Waals surface area (Å²) >= 11 is 0. The van der Waals surface area contributed by atoms with Crippen LogP contribution in [0.15, 0.2) is 48.5 Å². The molecular weight excluding hydrogens is 396 g/mol. The quantitative estimate of drug-likeness (QED) is 0.635. The lowest BCUT2D eigenvalue weighted by atomic mass is 10.1. The molecule has 3 N–H and O–H groups in total. The lowest BCUT2D eigenvalue weighted by molar-refractivity contribution is -0.119. The fourth-order valence-electron chi connectivity index (χ4n) is 2.99. The van der Waals surface area contributed by atoms with Crippen LogP contribution in [-0.4, -0.2) is 55.5 Å². The number of carbonyl (C=O) groups excluding carboxylic acids is 3. The van der Waals surface area contributed by atoms with Crippen molar-refractivity contribution in [3.05, 3.63) is 54.1 Å². The van der Waals surface area contributed by atoms with Gasteiger partial charge in [0.25, 0.3) is 5.91 Å². The molecule has 164 valence electrons. The molecule has 0 aliphatic carbocycles. The smallest absolute Gasteiger partial charge is 0.254 e. The summed E-state index contributed by atoms with van der Waals surface area (Å²) in [4.78, 5) is 38.2. The van der Waals surface area contributed by atoms with Gasteiger partial charge in [0.1, 0.15) is 0 Å². The molecule has 0 radical (unpaired) electrons. The van der Waals surface area contributed by atoms with Crippen LogP contribution in [0, 0.1) is 5.92 Å². The summed E-state index contributed by atoms with van der Waals surface area (Å²) < 4.78 is 5.27. The lowest BCUT2D eigenvalue weighted by Gasteiger charge is -2.26. The molecule has 8 nitrogen and oxygen atoms in total. The van der Waals surface area contributed by atoms with Gasteiger partial charge in [-0.2, -0.15) is 0 Å². The zero-order chi connectivity index (χ0) is 22.2. The van der Waals surface area contributed by atoms with Gasteiger partial charge in [-0.1, -0.05) is 13.8 Å². The van der Waals surface area contributed by atoms with Crippen molar-refractivity contribution in [1.29, 1.82) is 0 Å². The summed E-state index contributed by atoms with van der Waals surface area (Å²) in [6.45, 7) is 6.05. The van der Waals surface area contributed by atoms with E-state index in [1.165, 1.54) is 0 Å². The second-order valence-electron chi connectivity index (χ2n) is 7.60. The van der Waals surface area contributed by atoms with Crippen LogP contribution in [0.2, 0.25) is 0 Å². The third-order valence-corrected chi connectivity index (χ3v) is 4.84. The van der Waals surface area contributed by atoms with Crippen LogP contribution in [0.1, 0.15) is 24.2 Å². The Kier molecular flexibility index (Phi) is 7.61. The minimum absolute atomic E-state index is 0.0316. The molecule has 1 aliphatic rings. The fourth-order valence-corrected chi connectivity index (χ4v) is 2.99. The first-order valence-electron chi connectivity index (χ1n) is 10.3. The van der Waals surface area contributed by atoms with Gasteiger partial charge < -0.3 is 25.6 Å². The molecular formula is C23H28N4O4. The Hall–Kier alpha value is -3.39. The summed E-state index contributed by atoms with van der Waals surface area (Å²) in [5.41, 5.74) is 2.68. The molecule has 8 heteroatoms. The number of hydrogen-bond donors (Lipinski definition) is 3. The molecule has 0 bridgehead atoms. The summed E-state index contributed by atoms with van der Waals surface area (Å²) in [6.07, 6.45) is 0. The molecule has 0 saturated carbocycles. The number of ether oxygens (including phenoxy) is 1. The normalized spacial score (nSPS) is 13.6. The SMILES string of the molecule is CC(C)C(=O)Nc1ccc(NCC(=O)Nc2ccc(C(=O)N3CCOCC3)cc2)cc1. The van der Waals surface area contributed by atoms with Gasteiger partial charge in [0.15, 0.2) is 0 Å². The van der Waals surface area contributed by atoms with Crippen LogP contribution >= 0.6 is 0 Å². The zero-order valence-electron chi connectivity index (χ0n) is 17.8. The molecule has 2 aromatic carbocycles. The monoisotopic (exact) mass is 424 g/mol. The van der Waals surface area contributed by atoms with Crippen LogP contribution in [0.25, 0.3) is 0 Å². The van der Waals surface area contributed by atoms with Gasteiger partial charge >= 0.3 is 0 Å². The third-order valence-electron chi connectivity index (χ3n) is 4.84. The molecule has 0 unspecified atom stereocenters. The lowest BCUT2D eigenvalue weighted by Crippen LogP contribution is -2.40. The molecule has 1 heterocycles. The van der Waals surface area contributed by atoms with E-state index in [-0.39, 0.29) is 30.2 Å². The standard InChI is InChI=1S/C23H28N4O4/c1-16(2)22(29)26-20-9-7-18(8-10-20)24-15-21(28)25-19-5-3-17(4-6-19)23(30)27-11-13-31-14-12-27/h3-10,16,24H,11-15H2,1-2H3,(H,25,28)(H,26,29). The van der Waals surface area contributed by atoms with E-state index in [1.807, 2.05) is 13.8 Å². The van der Waals surface area contributed by atoms with E-state index in [1.54, 1.807) is 53.4 Å². The van der Waals surface area contributed by atoms with Crippen LogP contribution in [0.4, 0.5) is 17.1 Å². The van der Waals surface area contributed by atoms with Gasteiger partial charge in [-0.25, -0.2) is 0 Å². The van der Waals surface area contributed by atoms with Gasteiger partial charge in [0.2, 0.25) is 11.8 Å². The maximum Gasteiger partial charge on any atom is 0.254 e. The molecule has 0 spiro atoms. The van der Waals surface area contributed by atoms with Gasteiger partial charge in [0.05, 0.1) is 19.8 Å². The van der Waals surface area contributed by atoms with E-state index in [9.17, 15) is 14.4 Å². The fraction of sp³-hybridized carbons (Fsp3) is 0.348. The number of nitrogens with zero attached hydrogens (tertiary/aromatic N) is 1. The predicted molar refractivity (Wildman–Crippen MR) is 120 cm³/mol. The van der Waals surface area contributed by atoms with Crippen molar-refractivity contribution >= 4 is 34.8 Å². The van der Waals surface area contributed by atoms with Crippen molar-refractivity contribution < 1.29 is 19.1 Å². The Morgan fingerprint density at radius 2 is 1.42 bits per heavy atom. The number of benzene rings is 2. The molecule has 2 aromatic rings. The first kappa shape index (κ1) is 22.3. The minimum Gasteiger partial charge on any atom is -0.378 e. The third kappa shape index (κ3) is 6.55. The first-order valence-corrected chi connectivity index (χ1v) is 10.3. The highest BCUT2D eigenvalue weighted by atomic mass is 16.5. The van der Waals surface area contributed by atoms with Crippen LogP contribution in [0.5, 0.6) is 0 Å². The summed E-state index contributed by atoms with van der Waals surface area (Å²) in [5, 5.41) is 8.67. The van der Waals surface area contributed by atoms with E-state index < -0.39 is 0 Å². The average Bonchev–Trinajstić information content (AvgIpc) is 2.79. The maximum atomic E-state index is 12.5. The Labute approximate surface area is 182 Å². The Morgan fingerprint density at radius 1 is 0.871 bits per heavy atom. The van der Waals surface area contributed by atoms with E-state index in [2.05, 4.69) is 16.0 Å². The first-order chi connectivity index (χ1) is 14.9. The number of anilines is 3. The van der Waals surface area contributed by atoms with Crippen molar-refractivity contribution in [3.8, 4) is 0 Å². The average molecular weight is 425 g/mol. The highest BCUT2D eigenvalue weighted by Crippen LogP contribution is 2.15. The molecule has 0 aromatic heterocycles. The number of amides is 3. The predicted octanol–water partition coefficient (Wildman–Crippen LogP) is 2.80. The molecule has 31 heavy (non-hydrogen) atoms. The van der Waals surface area contributed by atoms with E-state index in [4.69, 9.17) is 4.74 Å². The second-order valence-corrected chi connectivity index (χ2v) is 7.60. The van der Waals surface area contributed by atoms with Crippen molar-refractivity contribution in [3.63, 3.8) is 0 Å². The molecule has 1 aliphatic heterocycles. The molecule has 1 saturated heterocycles. The Bertz CT molecular complexity index is 904.